The predicted octanol–water partition coefficient (Wildman–Crippen LogP) is 4.54. The van der Waals surface area contributed by atoms with Crippen LogP contribution in [0.2, 0.25) is 0 Å². The molecule has 1 unspecified atom stereocenters. The van der Waals surface area contributed by atoms with E-state index in [1.54, 1.807) is 0 Å². The molecule has 5 heteroatoms. The summed E-state index contributed by atoms with van der Waals surface area (Å²) in [6, 6.07) is 0. The first-order chi connectivity index (χ1) is 9.57. The second-order valence-corrected chi connectivity index (χ2v) is 5.71. The molecule has 0 bridgehead atoms. The van der Waals surface area contributed by atoms with Gasteiger partial charge in [-0.25, -0.2) is 19.4 Å². The summed E-state index contributed by atoms with van der Waals surface area (Å²) in [7, 11) is 0. The van der Waals surface area contributed by atoms with Gasteiger partial charge in [-0.3, -0.25) is 0 Å². The zero-order valence-corrected chi connectivity index (χ0v) is 13.4. The fourth-order valence-corrected chi connectivity index (χ4v) is 1.81. The normalized spacial score (nSPS) is 11.9. The van der Waals surface area contributed by atoms with Crippen LogP contribution in [0.3, 0.4) is 0 Å². The third-order valence-electron chi connectivity index (χ3n) is 3.03. The molecular weight excluding hydrogens is 280 g/mol. The van der Waals surface area contributed by atoms with Crippen LogP contribution in [0.15, 0.2) is 0 Å². The third kappa shape index (κ3) is 12.3. The molecule has 0 N–H and O–H groups in total. The van der Waals surface area contributed by atoms with Gasteiger partial charge < -0.3 is 0 Å². The molecule has 20 heavy (non-hydrogen) atoms. The van der Waals surface area contributed by atoms with Crippen molar-refractivity contribution in [1.82, 2.24) is 0 Å². The van der Waals surface area contributed by atoms with Crippen molar-refractivity contribution in [3.05, 3.63) is 0 Å². The summed E-state index contributed by atoms with van der Waals surface area (Å²) in [4.78, 5) is 30.8. The van der Waals surface area contributed by atoms with Crippen molar-refractivity contribution in [3.8, 4) is 0 Å². The summed E-state index contributed by atoms with van der Waals surface area (Å²) in [5, 5.41) is -0.810. The zero-order valence-electron chi connectivity index (χ0n) is 12.7. The largest absolute Gasteiger partial charge is 0.372 e. The topological polar surface area (TPSA) is 52.6 Å². The first-order valence-electron chi connectivity index (χ1n) is 7.63. The second kappa shape index (κ2) is 13.2. The van der Waals surface area contributed by atoms with Gasteiger partial charge in [0.15, 0.2) is 0 Å². The van der Waals surface area contributed by atoms with E-state index in [0.717, 1.165) is 19.3 Å². The van der Waals surface area contributed by atoms with Crippen LogP contribution in [0.4, 0.5) is 0 Å². The van der Waals surface area contributed by atoms with E-state index >= 15 is 0 Å². The van der Waals surface area contributed by atoms with Crippen LogP contribution in [-0.2, 0) is 19.4 Å². The molecule has 0 fully saturated rings. The number of hydrogen-bond donors (Lipinski definition) is 0. The quantitative estimate of drug-likeness (QED) is 0.243. The Morgan fingerprint density at radius 1 is 0.900 bits per heavy atom. The lowest BCUT2D eigenvalue weighted by molar-refractivity contribution is -0.258. The standard InChI is InChI=1S/C15H27ClO4/c1-3-4-5-6-7-8-9-10-11-12-14(17)19-20-15(18)13(2)16/h13H,3-12H2,1-2H3. The summed E-state index contributed by atoms with van der Waals surface area (Å²) in [6.07, 6.45) is 10.9. The fraction of sp³-hybridized carbons (Fsp3) is 0.867. The van der Waals surface area contributed by atoms with Crippen molar-refractivity contribution in [2.45, 2.75) is 83.4 Å². The molecule has 0 radical (unpaired) electrons. The summed E-state index contributed by atoms with van der Waals surface area (Å²) < 4.78 is 0. The highest BCUT2D eigenvalue weighted by Gasteiger charge is 2.14. The summed E-state index contributed by atoms with van der Waals surface area (Å²) in [5.74, 6) is -1.26. The second-order valence-electron chi connectivity index (χ2n) is 5.05. The summed E-state index contributed by atoms with van der Waals surface area (Å²) >= 11 is 5.45. The maximum absolute atomic E-state index is 11.2. The van der Waals surface area contributed by atoms with E-state index in [4.69, 9.17) is 11.6 Å². The number of alkyl halides is 1. The van der Waals surface area contributed by atoms with E-state index in [1.807, 2.05) is 0 Å². The molecule has 0 aromatic heterocycles. The molecule has 0 aromatic rings. The van der Waals surface area contributed by atoms with Crippen LogP contribution in [0.1, 0.15) is 78.1 Å². The smallest absolute Gasteiger partial charge is 0.247 e. The molecule has 0 aliphatic rings. The zero-order chi connectivity index (χ0) is 15.2. The average molecular weight is 307 g/mol. The molecule has 118 valence electrons. The minimum Gasteiger partial charge on any atom is -0.247 e. The van der Waals surface area contributed by atoms with E-state index in [1.165, 1.54) is 45.4 Å². The van der Waals surface area contributed by atoms with Crippen molar-refractivity contribution >= 4 is 23.5 Å². The number of rotatable bonds is 11. The molecule has 0 heterocycles. The van der Waals surface area contributed by atoms with Gasteiger partial charge in [0.25, 0.3) is 0 Å². The number of carbonyl (C=O) groups is 2. The molecule has 4 nitrogen and oxygen atoms in total. The maximum Gasteiger partial charge on any atom is 0.372 e. The van der Waals surface area contributed by atoms with Gasteiger partial charge in [0, 0.05) is 0 Å². The molecule has 0 amide bonds. The van der Waals surface area contributed by atoms with Crippen LogP contribution in [-0.4, -0.2) is 17.3 Å². The van der Waals surface area contributed by atoms with Gasteiger partial charge in [0.2, 0.25) is 0 Å². The van der Waals surface area contributed by atoms with Gasteiger partial charge in [-0.1, -0.05) is 58.3 Å². The number of halogens is 1. The van der Waals surface area contributed by atoms with E-state index in [-0.39, 0.29) is 6.42 Å². The van der Waals surface area contributed by atoms with Crippen molar-refractivity contribution < 1.29 is 19.4 Å². The monoisotopic (exact) mass is 306 g/mol. The van der Waals surface area contributed by atoms with Crippen LogP contribution in [0, 0.1) is 0 Å². The Kier molecular flexibility index (Phi) is 12.7. The Morgan fingerprint density at radius 3 is 1.90 bits per heavy atom. The Morgan fingerprint density at radius 2 is 1.40 bits per heavy atom. The van der Waals surface area contributed by atoms with Crippen LogP contribution >= 0.6 is 11.6 Å². The van der Waals surface area contributed by atoms with Gasteiger partial charge in [0.1, 0.15) is 5.38 Å². The SMILES string of the molecule is CCCCCCCCCCCC(=O)OOC(=O)C(C)Cl. The van der Waals surface area contributed by atoms with Crippen molar-refractivity contribution in [2.24, 2.45) is 0 Å². The molecular formula is C15H27ClO4. The van der Waals surface area contributed by atoms with E-state index in [0.29, 0.717) is 0 Å². The lowest BCUT2D eigenvalue weighted by Crippen LogP contribution is -2.17. The molecule has 0 saturated carbocycles. The minimum absolute atomic E-state index is 0.278. The Hall–Kier alpha value is -0.770. The molecule has 0 saturated heterocycles. The van der Waals surface area contributed by atoms with Gasteiger partial charge in [0.05, 0.1) is 6.42 Å². The Balaban J connectivity index is 3.29. The van der Waals surface area contributed by atoms with Gasteiger partial charge in [-0.15, -0.1) is 11.6 Å². The molecule has 0 rings (SSSR count). The lowest BCUT2D eigenvalue weighted by Gasteiger charge is -2.04. The maximum atomic E-state index is 11.2. The van der Waals surface area contributed by atoms with Crippen molar-refractivity contribution in [1.29, 1.82) is 0 Å². The van der Waals surface area contributed by atoms with Crippen LogP contribution in [0.25, 0.3) is 0 Å². The molecule has 1 atom stereocenters. The summed E-state index contributed by atoms with van der Waals surface area (Å²) in [5.41, 5.74) is 0. The number of carbonyl (C=O) groups excluding carboxylic acids is 2. The summed E-state index contributed by atoms with van der Waals surface area (Å²) in [6.45, 7) is 3.67. The van der Waals surface area contributed by atoms with E-state index < -0.39 is 17.3 Å². The van der Waals surface area contributed by atoms with Crippen molar-refractivity contribution in [2.75, 3.05) is 0 Å². The van der Waals surface area contributed by atoms with Crippen LogP contribution < -0.4 is 0 Å². The highest BCUT2D eigenvalue weighted by Crippen LogP contribution is 2.10. The molecule has 0 aliphatic carbocycles. The molecule has 0 aliphatic heterocycles. The molecule has 0 aromatic carbocycles. The lowest BCUT2D eigenvalue weighted by atomic mass is 10.1. The van der Waals surface area contributed by atoms with Crippen molar-refractivity contribution in [3.63, 3.8) is 0 Å². The van der Waals surface area contributed by atoms with E-state index in [2.05, 4.69) is 16.7 Å². The van der Waals surface area contributed by atoms with Crippen LogP contribution in [0.5, 0.6) is 0 Å². The minimum atomic E-state index is -0.810. The Labute approximate surface area is 127 Å². The number of hydrogen-bond acceptors (Lipinski definition) is 4. The highest BCUT2D eigenvalue weighted by molar-refractivity contribution is 6.29. The van der Waals surface area contributed by atoms with E-state index in [9.17, 15) is 9.59 Å². The predicted molar refractivity (Wildman–Crippen MR) is 79.3 cm³/mol. The molecule has 0 spiro atoms. The highest BCUT2D eigenvalue weighted by atomic mass is 35.5. The number of unbranched alkanes of at least 4 members (excludes halogenated alkanes) is 8. The fourth-order valence-electron chi connectivity index (χ4n) is 1.78. The van der Waals surface area contributed by atoms with Gasteiger partial charge in [-0.05, 0) is 13.3 Å². The average Bonchev–Trinajstić information content (AvgIpc) is 2.42. The first-order valence-corrected chi connectivity index (χ1v) is 8.06. The Bertz CT molecular complexity index is 267. The van der Waals surface area contributed by atoms with Gasteiger partial charge >= 0.3 is 11.9 Å². The third-order valence-corrected chi connectivity index (χ3v) is 3.20. The van der Waals surface area contributed by atoms with Gasteiger partial charge in [-0.2, -0.15) is 0 Å². The first kappa shape index (κ1) is 19.2.